The number of amides is 1. The van der Waals surface area contributed by atoms with Gasteiger partial charge < -0.3 is 4.90 Å². The van der Waals surface area contributed by atoms with Crippen LogP contribution in [0.3, 0.4) is 0 Å². The predicted octanol–water partition coefficient (Wildman–Crippen LogP) is 2.90. The van der Waals surface area contributed by atoms with Crippen molar-refractivity contribution < 1.29 is 13.2 Å². The molecule has 3 fully saturated rings. The van der Waals surface area contributed by atoms with E-state index in [-0.39, 0.29) is 21.2 Å². The van der Waals surface area contributed by atoms with Gasteiger partial charge in [-0.3, -0.25) is 4.79 Å². The zero-order chi connectivity index (χ0) is 17.7. The van der Waals surface area contributed by atoms with Gasteiger partial charge in [0.2, 0.25) is 15.9 Å². The molecule has 0 N–H and O–H groups in total. The van der Waals surface area contributed by atoms with E-state index in [4.69, 9.17) is 11.6 Å². The lowest BCUT2D eigenvalue weighted by Gasteiger charge is -2.48. The van der Waals surface area contributed by atoms with Gasteiger partial charge in [-0.1, -0.05) is 23.7 Å². The van der Waals surface area contributed by atoms with Gasteiger partial charge in [-0.05, 0) is 44.2 Å². The van der Waals surface area contributed by atoms with E-state index in [1.807, 2.05) is 4.90 Å². The van der Waals surface area contributed by atoms with Crippen molar-refractivity contribution in [1.82, 2.24) is 9.21 Å². The number of hydrogen-bond acceptors (Lipinski definition) is 3. The number of carbonyl (C=O) groups excluding carboxylic acids is 1. The summed E-state index contributed by atoms with van der Waals surface area (Å²) in [5.41, 5.74) is -0.108. The van der Waals surface area contributed by atoms with Gasteiger partial charge in [0.15, 0.2) is 0 Å². The van der Waals surface area contributed by atoms with Gasteiger partial charge in [0.25, 0.3) is 0 Å². The maximum absolute atomic E-state index is 13.1. The van der Waals surface area contributed by atoms with Crippen molar-refractivity contribution in [3.8, 4) is 0 Å². The largest absolute Gasteiger partial charge is 0.339 e. The lowest BCUT2D eigenvalue weighted by atomic mass is 9.74. The maximum atomic E-state index is 13.1. The van der Waals surface area contributed by atoms with Crippen LogP contribution >= 0.6 is 11.6 Å². The normalized spacial score (nSPS) is 28.5. The Morgan fingerprint density at radius 3 is 2.60 bits per heavy atom. The number of sulfonamides is 1. The molecular formula is C18H23ClN2O3S. The monoisotopic (exact) mass is 382 g/mol. The van der Waals surface area contributed by atoms with E-state index in [0.29, 0.717) is 32.1 Å². The molecule has 136 valence electrons. The number of likely N-dealkylation sites (tertiary alicyclic amines) is 1. The van der Waals surface area contributed by atoms with Gasteiger partial charge in [-0.25, -0.2) is 8.42 Å². The van der Waals surface area contributed by atoms with Crippen LogP contribution in [-0.4, -0.2) is 49.2 Å². The Hall–Kier alpha value is -1.11. The molecule has 1 amide bonds. The molecule has 2 saturated heterocycles. The molecule has 3 aliphatic rings. The third-order valence-corrected chi connectivity index (χ3v) is 8.11. The molecule has 4 rings (SSSR count). The molecule has 1 saturated carbocycles. The summed E-state index contributed by atoms with van der Waals surface area (Å²) in [7, 11) is -3.61. The molecule has 1 aromatic rings. The summed E-state index contributed by atoms with van der Waals surface area (Å²) in [4.78, 5) is 14.4. The molecule has 25 heavy (non-hydrogen) atoms. The third kappa shape index (κ3) is 3.20. The van der Waals surface area contributed by atoms with E-state index in [9.17, 15) is 13.2 Å². The molecule has 0 bridgehead atoms. The van der Waals surface area contributed by atoms with Gasteiger partial charge in [0.05, 0.1) is 5.02 Å². The SMILES string of the molecule is O=C1CCC2(CCCN(S(=O)(=O)c3ccccc3Cl)C2)CN1C1CC1. The Balaban J connectivity index is 1.58. The Morgan fingerprint density at radius 1 is 1.12 bits per heavy atom. The summed E-state index contributed by atoms with van der Waals surface area (Å²) in [6.07, 6.45) is 5.31. The van der Waals surface area contributed by atoms with Crippen molar-refractivity contribution >= 4 is 27.5 Å². The van der Waals surface area contributed by atoms with Gasteiger partial charge in [0, 0.05) is 37.5 Å². The summed E-state index contributed by atoms with van der Waals surface area (Å²) in [5, 5.41) is 0.264. The average molecular weight is 383 g/mol. The number of nitrogens with zero attached hydrogens (tertiary/aromatic N) is 2. The van der Waals surface area contributed by atoms with E-state index in [1.165, 1.54) is 0 Å². The van der Waals surface area contributed by atoms with Crippen LogP contribution in [0, 0.1) is 5.41 Å². The quantitative estimate of drug-likeness (QED) is 0.807. The zero-order valence-electron chi connectivity index (χ0n) is 14.2. The summed E-state index contributed by atoms with van der Waals surface area (Å²) in [6.45, 7) is 1.70. The van der Waals surface area contributed by atoms with E-state index >= 15 is 0 Å². The van der Waals surface area contributed by atoms with Crippen molar-refractivity contribution in [1.29, 1.82) is 0 Å². The van der Waals surface area contributed by atoms with Crippen LogP contribution in [0.4, 0.5) is 0 Å². The van der Waals surface area contributed by atoms with Crippen LogP contribution in [-0.2, 0) is 14.8 Å². The van der Waals surface area contributed by atoms with E-state index in [2.05, 4.69) is 0 Å². The minimum absolute atomic E-state index is 0.108. The summed E-state index contributed by atoms with van der Waals surface area (Å²) in [6, 6.07) is 7.01. The average Bonchev–Trinajstić information content (AvgIpc) is 3.43. The summed E-state index contributed by atoms with van der Waals surface area (Å²) in [5.74, 6) is 0.235. The number of rotatable bonds is 3. The van der Waals surface area contributed by atoms with Crippen molar-refractivity contribution in [3.63, 3.8) is 0 Å². The summed E-state index contributed by atoms with van der Waals surface area (Å²) >= 11 is 6.14. The summed E-state index contributed by atoms with van der Waals surface area (Å²) < 4.78 is 27.8. The standard InChI is InChI=1S/C18H23ClN2O3S/c19-15-4-1-2-5-16(15)25(23,24)20-11-3-9-18(12-20)10-8-17(22)21(13-18)14-6-7-14/h1-2,4-5,14H,3,6-13H2. The van der Waals surface area contributed by atoms with Crippen LogP contribution in [0.5, 0.6) is 0 Å². The molecule has 0 aromatic heterocycles. The van der Waals surface area contributed by atoms with E-state index < -0.39 is 10.0 Å². The molecule has 7 heteroatoms. The van der Waals surface area contributed by atoms with Crippen molar-refractivity contribution in [2.24, 2.45) is 5.41 Å². The fourth-order valence-corrected chi connectivity index (χ4v) is 6.34. The van der Waals surface area contributed by atoms with Gasteiger partial charge in [-0.15, -0.1) is 0 Å². The fraction of sp³-hybridized carbons (Fsp3) is 0.611. The first-order valence-corrected chi connectivity index (χ1v) is 10.8. The lowest BCUT2D eigenvalue weighted by molar-refractivity contribution is -0.139. The highest BCUT2D eigenvalue weighted by Crippen LogP contribution is 2.43. The first kappa shape index (κ1) is 17.3. The third-order valence-electron chi connectivity index (χ3n) is 5.76. The molecule has 2 aliphatic heterocycles. The fourth-order valence-electron chi connectivity index (χ4n) is 4.26. The van der Waals surface area contributed by atoms with Gasteiger partial charge in [0.1, 0.15) is 4.90 Å². The highest BCUT2D eigenvalue weighted by Gasteiger charge is 2.47. The minimum atomic E-state index is -3.61. The molecule has 1 aromatic carbocycles. The predicted molar refractivity (Wildman–Crippen MR) is 95.8 cm³/mol. The smallest absolute Gasteiger partial charge is 0.244 e. The molecule has 0 radical (unpaired) electrons. The molecule has 5 nitrogen and oxygen atoms in total. The Morgan fingerprint density at radius 2 is 1.88 bits per heavy atom. The second kappa shape index (κ2) is 6.25. The topological polar surface area (TPSA) is 57.7 Å². The maximum Gasteiger partial charge on any atom is 0.244 e. The highest BCUT2D eigenvalue weighted by atomic mass is 35.5. The molecule has 1 unspecified atom stereocenters. The first-order chi connectivity index (χ1) is 11.9. The lowest BCUT2D eigenvalue weighted by Crippen LogP contribution is -2.55. The van der Waals surface area contributed by atoms with Crippen molar-refractivity contribution in [3.05, 3.63) is 29.3 Å². The number of piperidine rings is 2. The second-order valence-corrected chi connectivity index (χ2v) is 9.94. The molecule has 2 heterocycles. The van der Waals surface area contributed by atoms with Gasteiger partial charge in [-0.2, -0.15) is 4.31 Å². The Labute approximate surface area is 154 Å². The van der Waals surface area contributed by atoms with Crippen molar-refractivity contribution in [2.45, 2.75) is 49.5 Å². The highest BCUT2D eigenvalue weighted by molar-refractivity contribution is 7.89. The Kier molecular flexibility index (Phi) is 4.33. The Bertz CT molecular complexity index is 793. The molecule has 1 spiro atoms. The van der Waals surface area contributed by atoms with Crippen LogP contribution in [0.15, 0.2) is 29.2 Å². The van der Waals surface area contributed by atoms with Crippen LogP contribution in [0.1, 0.15) is 38.5 Å². The van der Waals surface area contributed by atoms with Crippen LogP contribution in [0.2, 0.25) is 5.02 Å². The molecule has 1 aliphatic carbocycles. The van der Waals surface area contributed by atoms with Crippen LogP contribution < -0.4 is 0 Å². The van der Waals surface area contributed by atoms with Gasteiger partial charge >= 0.3 is 0 Å². The number of carbonyl (C=O) groups is 1. The molecule has 1 atom stereocenters. The zero-order valence-corrected chi connectivity index (χ0v) is 15.7. The second-order valence-electron chi connectivity index (χ2n) is 7.63. The van der Waals surface area contributed by atoms with E-state index in [1.54, 1.807) is 28.6 Å². The number of benzene rings is 1. The number of hydrogen-bond donors (Lipinski definition) is 0. The van der Waals surface area contributed by atoms with Crippen molar-refractivity contribution in [2.75, 3.05) is 19.6 Å². The van der Waals surface area contributed by atoms with E-state index in [0.717, 1.165) is 32.1 Å². The van der Waals surface area contributed by atoms with Crippen LogP contribution in [0.25, 0.3) is 0 Å². The minimum Gasteiger partial charge on any atom is -0.339 e. The number of halogens is 1. The molecular weight excluding hydrogens is 360 g/mol. The first-order valence-electron chi connectivity index (χ1n) is 8.96.